The number of nitrogens with one attached hydrogen (secondary N) is 1. The normalized spacial score (nSPS) is 12.9. The van der Waals surface area contributed by atoms with E-state index in [0.717, 1.165) is 17.7 Å². The standard InChI is InChI=1S/C23H31NO5S/c1-18(24-30(26,27)21-9-6-5-7-10-21)17-19-11-13-20(14-12-19)29-16-8-15-23(2,3)22(25)28-4/h5-7,9-14,18,24H,8,15-17H2,1-4H3/t18-/m0/s1. The summed E-state index contributed by atoms with van der Waals surface area (Å²) < 4.78 is 38.1. The fourth-order valence-electron chi connectivity index (χ4n) is 3.13. The van der Waals surface area contributed by atoms with Gasteiger partial charge in [0.05, 0.1) is 24.0 Å². The van der Waals surface area contributed by atoms with E-state index < -0.39 is 15.4 Å². The van der Waals surface area contributed by atoms with Crippen molar-refractivity contribution in [2.45, 2.75) is 51.0 Å². The summed E-state index contributed by atoms with van der Waals surface area (Å²) in [4.78, 5) is 11.9. The lowest BCUT2D eigenvalue weighted by Gasteiger charge is -2.21. The number of hydrogen-bond donors (Lipinski definition) is 1. The summed E-state index contributed by atoms with van der Waals surface area (Å²) in [5, 5.41) is 0. The Morgan fingerprint density at radius 3 is 2.30 bits per heavy atom. The van der Waals surface area contributed by atoms with Crippen LogP contribution in [0.3, 0.4) is 0 Å². The van der Waals surface area contributed by atoms with Crippen LogP contribution in [-0.4, -0.2) is 34.1 Å². The maximum absolute atomic E-state index is 12.4. The van der Waals surface area contributed by atoms with Gasteiger partial charge in [0, 0.05) is 6.04 Å². The van der Waals surface area contributed by atoms with Crippen LogP contribution in [-0.2, 0) is 26.0 Å². The van der Waals surface area contributed by atoms with Crippen LogP contribution in [0, 0.1) is 5.41 Å². The molecule has 2 aromatic carbocycles. The summed E-state index contributed by atoms with van der Waals surface area (Å²) in [5.74, 6) is 0.524. The van der Waals surface area contributed by atoms with Crippen molar-refractivity contribution in [2.75, 3.05) is 13.7 Å². The van der Waals surface area contributed by atoms with Crippen molar-refractivity contribution in [3.63, 3.8) is 0 Å². The molecule has 0 fully saturated rings. The zero-order chi connectivity index (χ0) is 22.2. The van der Waals surface area contributed by atoms with E-state index in [2.05, 4.69) is 4.72 Å². The number of hydrogen-bond acceptors (Lipinski definition) is 5. The maximum atomic E-state index is 12.4. The third-order valence-electron chi connectivity index (χ3n) is 4.83. The first kappa shape index (κ1) is 23.9. The molecule has 2 aromatic rings. The van der Waals surface area contributed by atoms with Gasteiger partial charge in [0.25, 0.3) is 0 Å². The van der Waals surface area contributed by atoms with Gasteiger partial charge in [0.2, 0.25) is 10.0 Å². The van der Waals surface area contributed by atoms with Crippen LogP contribution in [0.15, 0.2) is 59.5 Å². The molecule has 0 aliphatic carbocycles. The molecular formula is C23H31NO5S. The molecule has 0 unspecified atom stereocenters. The Bertz CT molecular complexity index is 908. The number of esters is 1. The monoisotopic (exact) mass is 433 g/mol. The third-order valence-corrected chi connectivity index (χ3v) is 6.43. The lowest BCUT2D eigenvalue weighted by atomic mass is 9.88. The molecule has 0 bridgehead atoms. The van der Waals surface area contributed by atoms with Crippen molar-refractivity contribution in [1.29, 1.82) is 0 Å². The van der Waals surface area contributed by atoms with Gasteiger partial charge in [-0.1, -0.05) is 30.3 Å². The van der Waals surface area contributed by atoms with E-state index in [-0.39, 0.29) is 16.9 Å². The molecule has 0 heterocycles. The average Bonchev–Trinajstić information content (AvgIpc) is 2.72. The van der Waals surface area contributed by atoms with Gasteiger partial charge in [-0.25, -0.2) is 13.1 Å². The van der Waals surface area contributed by atoms with E-state index in [0.29, 0.717) is 19.4 Å². The van der Waals surface area contributed by atoms with Crippen LogP contribution in [0.5, 0.6) is 5.75 Å². The van der Waals surface area contributed by atoms with Gasteiger partial charge >= 0.3 is 5.97 Å². The third kappa shape index (κ3) is 7.15. The van der Waals surface area contributed by atoms with E-state index in [9.17, 15) is 13.2 Å². The second-order valence-corrected chi connectivity index (χ2v) is 9.72. The quantitative estimate of drug-likeness (QED) is 0.429. The van der Waals surface area contributed by atoms with Crippen LogP contribution < -0.4 is 9.46 Å². The molecule has 2 rings (SSSR count). The number of ether oxygens (including phenoxy) is 2. The molecule has 164 valence electrons. The lowest BCUT2D eigenvalue weighted by Crippen LogP contribution is -2.34. The van der Waals surface area contributed by atoms with Gasteiger partial charge < -0.3 is 9.47 Å². The van der Waals surface area contributed by atoms with Gasteiger partial charge in [-0.15, -0.1) is 0 Å². The van der Waals surface area contributed by atoms with Crippen molar-refractivity contribution in [3.05, 3.63) is 60.2 Å². The molecule has 6 nitrogen and oxygen atoms in total. The largest absolute Gasteiger partial charge is 0.494 e. The Balaban J connectivity index is 1.81. The number of rotatable bonds is 11. The van der Waals surface area contributed by atoms with Crippen molar-refractivity contribution in [3.8, 4) is 5.75 Å². The van der Waals surface area contributed by atoms with E-state index in [4.69, 9.17) is 9.47 Å². The Morgan fingerprint density at radius 2 is 1.70 bits per heavy atom. The second kappa shape index (κ2) is 10.6. The average molecular weight is 434 g/mol. The number of carbonyl (C=O) groups is 1. The topological polar surface area (TPSA) is 81.7 Å². The minimum atomic E-state index is -3.53. The first-order chi connectivity index (χ1) is 14.1. The molecule has 0 radical (unpaired) electrons. The van der Waals surface area contributed by atoms with Crippen LogP contribution >= 0.6 is 0 Å². The van der Waals surface area contributed by atoms with Crippen LogP contribution in [0.25, 0.3) is 0 Å². The Morgan fingerprint density at radius 1 is 1.07 bits per heavy atom. The number of methoxy groups -OCH3 is 1. The molecule has 7 heteroatoms. The van der Waals surface area contributed by atoms with Gasteiger partial charge in [-0.3, -0.25) is 4.79 Å². The SMILES string of the molecule is COC(=O)C(C)(C)CCCOc1ccc(C[C@H](C)NS(=O)(=O)c2ccccc2)cc1. The predicted molar refractivity (Wildman–Crippen MR) is 117 cm³/mol. The van der Waals surface area contributed by atoms with E-state index in [1.54, 1.807) is 30.3 Å². The minimum Gasteiger partial charge on any atom is -0.494 e. The van der Waals surface area contributed by atoms with E-state index >= 15 is 0 Å². The highest BCUT2D eigenvalue weighted by Crippen LogP contribution is 2.24. The van der Waals surface area contributed by atoms with Crippen molar-refractivity contribution < 1.29 is 22.7 Å². The number of benzene rings is 2. The van der Waals surface area contributed by atoms with Gasteiger partial charge in [0.15, 0.2) is 0 Å². The summed E-state index contributed by atoms with van der Waals surface area (Å²) in [6.45, 7) is 6.07. The molecule has 0 aliphatic rings. The zero-order valence-corrected chi connectivity index (χ0v) is 18.9. The van der Waals surface area contributed by atoms with E-state index in [1.165, 1.54) is 7.11 Å². The summed E-state index contributed by atoms with van der Waals surface area (Å²) in [6, 6.07) is 15.7. The minimum absolute atomic E-state index is 0.219. The first-order valence-electron chi connectivity index (χ1n) is 10.0. The molecule has 0 spiro atoms. The maximum Gasteiger partial charge on any atom is 0.311 e. The summed E-state index contributed by atoms with van der Waals surface area (Å²) in [5.41, 5.74) is 0.489. The predicted octanol–water partition coefficient (Wildman–Crippen LogP) is 3.95. The lowest BCUT2D eigenvalue weighted by molar-refractivity contribution is -0.151. The molecule has 0 amide bonds. The second-order valence-electron chi connectivity index (χ2n) is 8.01. The Kier molecular flexibility index (Phi) is 8.43. The molecule has 1 N–H and O–H groups in total. The zero-order valence-electron chi connectivity index (χ0n) is 18.1. The molecule has 0 saturated carbocycles. The van der Waals surface area contributed by atoms with Crippen LogP contribution in [0.2, 0.25) is 0 Å². The van der Waals surface area contributed by atoms with Crippen molar-refractivity contribution in [2.24, 2.45) is 5.41 Å². The number of carbonyl (C=O) groups excluding carboxylic acids is 1. The summed E-state index contributed by atoms with van der Waals surface area (Å²) >= 11 is 0. The molecule has 0 aromatic heterocycles. The molecule has 0 aliphatic heterocycles. The van der Waals surface area contributed by atoms with Crippen LogP contribution in [0.4, 0.5) is 0 Å². The Hall–Kier alpha value is -2.38. The summed E-state index contributed by atoms with van der Waals surface area (Å²) in [6.07, 6.45) is 1.98. The van der Waals surface area contributed by atoms with Crippen molar-refractivity contribution in [1.82, 2.24) is 4.72 Å². The van der Waals surface area contributed by atoms with E-state index in [1.807, 2.05) is 45.0 Å². The van der Waals surface area contributed by atoms with Gasteiger partial charge in [0.1, 0.15) is 5.75 Å². The Labute approximate surface area is 179 Å². The summed E-state index contributed by atoms with van der Waals surface area (Å²) in [7, 11) is -2.13. The first-order valence-corrected chi connectivity index (χ1v) is 11.5. The fraction of sp³-hybridized carbons (Fsp3) is 0.435. The number of sulfonamides is 1. The molecule has 0 saturated heterocycles. The van der Waals surface area contributed by atoms with Crippen molar-refractivity contribution >= 4 is 16.0 Å². The molecule has 1 atom stereocenters. The van der Waals surface area contributed by atoms with Crippen LogP contribution in [0.1, 0.15) is 39.2 Å². The fourth-order valence-corrected chi connectivity index (χ4v) is 4.40. The van der Waals surface area contributed by atoms with Gasteiger partial charge in [-0.05, 0) is 69.9 Å². The molecule has 30 heavy (non-hydrogen) atoms. The highest BCUT2D eigenvalue weighted by atomic mass is 32.2. The molecular weight excluding hydrogens is 402 g/mol. The van der Waals surface area contributed by atoms with Gasteiger partial charge in [-0.2, -0.15) is 0 Å². The highest BCUT2D eigenvalue weighted by molar-refractivity contribution is 7.89. The highest BCUT2D eigenvalue weighted by Gasteiger charge is 2.27. The smallest absolute Gasteiger partial charge is 0.311 e.